The molecule has 0 nitrogen and oxygen atoms in total. The highest BCUT2D eigenvalue weighted by molar-refractivity contribution is 14.1. The zero-order valence-corrected chi connectivity index (χ0v) is 9.74. The summed E-state index contributed by atoms with van der Waals surface area (Å²) in [6.45, 7) is 0. The maximum Gasteiger partial charge on any atom is 0.151 e. The fraction of sp³-hybridized carbons (Fsp3) is 0. The van der Waals surface area contributed by atoms with Crippen LogP contribution in [0.3, 0.4) is 0 Å². The molecule has 0 aromatic heterocycles. The van der Waals surface area contributed by atoms with Crippen LogP contribution >= 0.6 is 56.8 Å². The van der Waals surface area contributed by atoms with Crippen molar-refractivity contribution >= 4 is 56.8 Å². The van der Waals surface area contributed by atoms with Gasteiger partial charge in [0.05, 0.1) is 8.59 Å². The molecule has 1 rings (SSSR count). The highest BCUT2D eigenvalue weighted by Crippen LogP contribution is 2.24. The van der Waals surface area contributed by atoms with E-state index in [2.05, 4.69) is 0 Å². The molecule has 1 aromatic rings. The minimum Gasteiger partial charge on any atom is -0.205 e. The van der Waals surface area contributed by atoms with Gasteiger partial charge in [0.25, 0.3) is 0 Å². The van der Waals surface area contributed by atoms with Gasteiger partial charge in [-0.3, -0.25) is 0 Å². The summed E-state index contributed by atoms with van der Waals surface area (Å²) in [5.74, 6) is -0.228. The van der Waals surface area contributed by atoms with E-state index in [9.17, 15) is 4.39 Å². The summed E-state index contributed by atoms with van der Waals surface area (Å²) in [6.07, 6.45) is 0. The normalized spacial score (nSPS) is 10.0. The van der Waals surface area contributed by atoms with E-state index in [-0.39, 0.29) is 5.82 Å². The molecule has 0 aliphatic carbocycles. The number of halogens is 4. The SMILES string of the molecule is Fc1c(I)ccc(Cl)c1I. The van der Waals surface area contributed by atoms with E-state index in [0.29, 0.717) is 12.2 Å². The molecule has 0 N–H and O–H groups in total. The van der Waals surface area contributed by atoms with Crippen LogP contribution in [-0.4, -0.2) is 0 Å². The average molecular weight is 382 g/mol. The molecule has 10 heavy (non-hydrogen) atoms. The van der Waals surface area contributed by atoms with E-state index in [0.717, 1.165) is 0 Å². The minimum absolute atomic E-state index is 0.228. The first kappa shape index (κ1) is 8.99. The van der Waals surface area contributed by atoms with E-state index in [4.69, 9.17) is 11.6 Å². The first-order valence-electron chi connectivity index (χ1n) is 2.42. The van der Waals surface area contributed by atoms with Crippen LogP contribution in [-0.2, 0) is 0 Å². The van der Waals surface area contributed by atoms with Crippen LogP contribution in [0, 0.1) is 13.0 Å². The molecular weight excluding hydrogens is 380 g/mol. The summed E-state index contributed by atoms with van der Waals surface area (Å²) in [6, 6.07) is 3.34. The van der Waals surface area contributed by atoms with Gasteiger partial charge in [0.2, 0.25) is 0 Å². The summed E-state index contributed by atoms with van der Waals surface area (Å²) in [7, 11) is 0. The molecule has 0 heterocycles. The quantitative estimate of drug-likeness (QED) is 0.365. The Kier molecular flexibility index (Phi) is 3.18. The Morgan fingerprint density at radius 1 is 1.30 bits per heavy atom. The monoisotopic (exact) mass is 382 g/mol. The van der Waals surface area contributed by atoms with Crippen molar-refractivity contribution in [2.24, 2.45) is 0 Å². The molecule has 0 saturated carbocycles. The first-order chi connectivity index (χ1) is 4.63. The number of benzene rings is 1. The van der Waals surface area contributed by atoms with Gasteiger partial charge in [0.1, 0.15) is 0 Å². The maximum atomic E-state index is 12.9. The van der Waals surface area contributed by atoms with Crippen LogP contribution in [0.2, 0.25) is 5.02 Å². The van der Waals surface area contributed by atoms with Gasteiger partial charge in [0.15, 0.2) is 5.82 Å². The van der Waals surface area contributed by atoms with Crippen molar-refractivity contribution in [2.45, 2.75) is 0 Å². The van der Waals surface area contributed by atoms with E-state index < -0.39 is 0 Å². The van der Waals surface area contributed by atoms with Crippen molar-refractivity contribution in [1.29, 1.82) is 0 Å². The van der Waals surface area contributed by atoms with E-state index in [1.807, 2.05) is 45.2 Å². The molecule has 0 saturated heterocycles. The van der Waals surface area contributed by atoms with Crippen LogP contribution in [0.4, 0.5) is 4.39 Å². The Labute approximate surface area is 90.4 Å². The van der Waals surface area contributed by atoms with Crippen molar-refractivity contribution in [2.75, 3.05) is 0 Å². The van der Waals surface area contributed by atoms with Crippen LogP contribution in [0.25, 0.3) is 0 Å². The van der Waals surface area contributed by atoms with E-state index in [1.165, 1.54) is 0 Å². The fourth-order valence-corrected chi connectivity index (χ4v) is 2.08. The molecule has 0 atom stereocenters. The maximum absolute atomic E-state index is 12.9. The van der Waals surface area contributed by atoms with Crippen LogP contribution < -0.4 is 0 Å². The molecule has 54 valence electrons. The average Bonchev–Trinajstić information content (AvgIpc) is 1.93. The lowest BCUT2D eigenvalue weighted by molar-refractivity contribution is 0.613. The molecule has 4 heteroatoms. The summed E-state index contributed by atoms with van der Waals surface area (Å²) in [4.78, 5) is 0. The smallest absolute Gasteiger partial charge is 0.151 e. The molecule has 0 aliphatic heterocycles. The van der Waals surface area contributed by atoms with Gasteiger partial charge in [-0.1, -0.05) is 11.6 Å². The highest BCUT2D eigenvalue weighted by atomic mass is 127. The third-order valence-electron chi connectivity index (χ3n) is 0.988. The standard InChI is InChI=1S/C6H2ClFI2/c7-3-1-2-4(9)5(8)6(3)10/h1-2H. The van der Waals surface area contributed by atoms with E-state index in [1.54, 1.807) is 12.1 Å². The Morgan fingerprint density at radius 2 is 1.90 bits per heavy atom. The van der Waals surface area contributed by atoms with Crippen LogP contribution in [0.15, 0.2) is 12.1 Å². The molecule has 0 radical (unpaired) electrons. The third kappa shape index (κ3) is 1.73. The summed E-state index contributed by atoms with van der Waals surface area (Å²) >= 11 is 9.45. The summed E-state index contributed by atoms with van der Waals surface area (Å²) in [5.41, 5.74) is 0. The summed E-state index contributed by atoms with van der Waals surface area (Å²) < 4.78 is 14.0. The van der Waals surface area contributed by atoms with E-state index >= 15 is 0 Å². The molecule has 0 unspecified atom stereocenters. The molecular formula is C6H2ClFI2. The zero-order chi connectivity index (χ0) is 7.72. The van der Waals surface area contributed by atoms with Crippen molar-refractivity contribution in [1.82, 2.24) is 0 Å². The van der Waals surface area contributed by atoms with Crippen LogP contribution in [0.1, 0.15) is 0 Å². The molecule has 0 fully saturated rings. The van der Waals surface area contributed by atoms with Crippen molar-refractivity contribution < 1.29 is 4.39 Å². The van der Waals surface area contributed by atoms with Crippen LogP contribution in [0.5, 0.6) is 0 Å². The number of rotatable bonds is 0. The van der Waals surface area contributed by atoms with Gasteiger partial charge in [0, 0.05) is 3.57 Å². The Bertz CT molecular complexity index is 235. The second-order valence-electron chi connectivity index (χ2n) is 1.66. The summed E-state index contributed by atoms with van der Waals surface area (Å²) in [5, 5.41) is 0.471. The highest BCUT2D eigenvalue weighted by Gasteiger charge is 2.06. The van der Waals surface area contributed by atoms with Gasteiger partial charge < -0.3 is 0 Å². The van der Waals surface area contributed by atoms with Gasteiger partial charge >= 0.3 is 0 Å². The lowest BCUT2D eigenvalue weighted by Gasteiger charge is -1.98. The number of hydrogen-bond donors (Lipinski definition) is 0. The third-order valence-corrected chi connectivity index (χ3v) is 3.51. The second-order valence-corrected chi connectivity index (χ2v) is 4.31. The fourth-order valence-electron chi connectivity index (χ4n) is 0.502. The Hall–Kier alpha value is 0.900. The first-order valence-corrected chi connectivity index (χ1v) is 4.95. The molecule has 0 spiro atoms. The predicted octanol–water partition coefficient (Wildman–Crippen LogP) is 3.69. The molecule has 0 bridgehead atoms. The molecule has 1 aromatic carbocycles. The largest absolute Gasteiger partial charge is 0.205 e. The predicted molar refractivity (Wildman–Crippen MR) is 56.8 cm³/mol. The van der Waals surface area contributed by atoms with Gasteiger partial charge in [-0.2, -0.15) is 0 Å². The minimum atomic E-state index is -0.228. The van der Waals surface area contributed by atoms with Gasteiger partial charge in [-0.15, -0.1) is 0 Å². The molecule has 0 aliphatic rings. The lowest BCUT2D eigenvalue weighted by atomic mass is 10.3. The lowest BCUT2D eigenvalue weighted by Crippen LogP contribution is -1.86. The Morgan fingerprint density at radius 3 is 2.40 bits per heavy atom. The van der Waals surface area contributed by atoms with Gasteiger partial charge in [-0.25, -0.2) is 4.39 Å². The molecule has 0 amide bonds. The number of hydrogen-bond acceptors (Lipinski definition) is 0. The topological polar surface area (TPSA) is 0 Å². The van der Waals surface area contributed by atoms with Crippen molar-refractivity contribution in [3.63, 3.8) is 0 Å². The Balaban J connectivity index is 3.34. The van der Waals surface area contributed by atoms with Gasteiger partial charge in [-0.05, 0) is 57.3 Å². The second kappa shape index (κ2) is 3.53. The zero-order valence-electron chi connectivity index (χ0n) is 4.67. The van der Waals surface area contributed by atoms with Crippen molar-refractivity contribution in [3.8, 4) is 0 Å². The van der Waals surface area contributed by atoms with Crippen molar-refractivity contribution in [3.05, 3.63) is 30.1 Å².